The lowest BCUT2D eigenvalue weighted by Gasteiger charge is -2.07. The van der Waals surface area contributed by atoms with Crippen LogP contribution in [-0.4, -0.2) is 25.8 Å². The first-order valence-electron chi connectivity index (χ1n) is 8.28. The molecule has 1 saturated carbocycles. The zero-order chi connectivity index (χ0) is 16.9. The Morgan fingerprint density at radius 2 is 2.00 bits per heavy atom. The summed E-state index contributed by atoms with van der Waals surface area (Å²) in [6.45, 7) is 1.10. The van der Waals surface area contributed by atoms with Gasteiger partial charge in [0.1, 0.15) is 6.29 Å². The van der Waals surface area contributed by atoms with E-state index in [9.17, 15) is 9.59 Å². The molecule has 1 unspecified atom stereocenters. The molecule has 1 aliphatic rings. The number of aldehydes is 1. The predicted molar refractivity (Wildman–Crippen MR) is 96.6 cm³/mol. The van der Waals surface area contributed by atoms with Crippen molar-refractivity contribution in [1.29, 1.82) is 0 Å². The van der Waals surface area contributed by atoms with Crippen LogP contribution in [0.5, 0.6) is 0 Å². The maximum absolute atomic E-state index is 12.3. The number of hydrogen-bond donors (Lipinski definition) is 2. The lowest BCUT2D eigenvalue weighted by molar-refractivity contribution is -0.108. The van der Waals surface area contributed by atoms with E-state index in [1.807, 2.05) is 13.1 Å². The summed E-state index contributed by atoms with van der Waals surface area (Å²) in [5.74, 6) is 0.463. The topological polar surface area (TPSA) is 58.2 Å². The van der Waals surface area contributed by atoms with E-state index in [4.69, 9.17) is 0 Å². The van der Waals surface area contributed by atoms with Crippen molar-refractivity contribution >= 4 is 23.5 Å². The number of nitrogens with one attached hydrogen (secondary N) is 2. The van der Waals surface area contributed by atoms with Crippen molar-refractivity contribution in [3.8, 4) is 0 Å². The lowest BCUT2D eigenvalue weighted by Crippen LogP contribution is -2.21. The molecule has 24 heavy (non-hydrogen) atoms. The van der Waals surface area contributed by atoms with Gasteiger partial charge in [0, 0.05) is 18.0 Å². The van der Waals surface area contributed by atoms with Gasteiger partial charge in [-0.15, -0.1) is 11.3 Å². The molecule has 1 atom stereocenters. The van der Waals surface area contributed by atoms with Gasteiger partial charge in [0.2, 0.25) is 0 Å². The van der Waals surface area contributed by atoms with Gasteiger partial charge in [0.05, 0.1) is 10.8 Å². The second kappa shape index (κ2) is 7.73. The molecule has 0 radical (unpaired) electrons. The van der Waals surface area contributed by atoms with Crippen molar-refractivity contribution in [3.63, 3.8) is 0 Å². The van der Waals surface area contributed by atoms with E-state index >= 15 is 0 Å². The van der Waals surface area contributed by atoms with Gasteiger partial charge in [-0.25, -0.2) is 0 Å². The summed E-state index contributed by atoms with van der Waals surface area (Å²) in [5.41, 5.74) is 2.50. The summed E-state index contributed by atoms with van der Waals surface area (Å²) in [4.78, 5) is 25.0. The largest absolute Gasteiger partial charge is 0.347 e. The number of likely N-dealkylation sites (N-methyl/N-ethyl adjacent to an activating group) is 1. The first kappa shape index (κ1) is 16.9. The standard InChI is InChI=1S/C19H22N2O2S/c1-20-11-16(12-22)17-8-9-18(24-17)19(23)21-10-13-2-4-14(5-3-13)15-6-7-15/h2-5,8-9,12,15-16,20H,6-7,10-11H2,1H3,(H,21,23). The van der Waals surface area contributed by atoms with E-state index in [1.54, 1.807) is 6.07 Å². The third kappa shape index (κ3) is 4.10. The number of amides is 1. The highest BCUT2D eigenvalue weighted by molar-refractivity contribution is 7.14. The van der Waals surface area contributed by atoms with Gasteiger partial charge >= 0.3 is 0 Å². The molecular formula is C19H22N2O2S. The van der Waals surface area contributed by atoms with E-state index in [0.29, 0.717) is 18.0 Å². The van der Waals surface area contributed by atoms with Crippen molar-refractivity contribution < 1.29 is 9.59 Å². The lowest BCUT2D eigenvalue weighted by atomic mass is 10.1. The Bertz CT molecular complexity index is 704. The van der Waals surface area contributed by atoms with Crippen molar-refractivity contribution in [2.75, 3.05) is 13.6 Å². The molecule has 1 heterocycles. The number of hydrogen-bond acceptors (Lipinski definition) is 4. The van der Waals surface area contributed by atoms with Crippen LogP contribution in [0.25, 0.3) is 0 Å². The molecule has 0 aliphatic heterocycles. The van der Waals surface area contributed by atoms with Crippen molar-refractivity contribution in [3.05, 3.63) is 57.3 Å². The molecule has 2 aromatic rings. The number of thiophene rings is 1. The molecule has 0 spiro atoms. The molecule has 126 valence electrons. The second-order valence-electron chi connectivity index (χ2n) is 6.20. The van der Waals surface area contributed by atoms with Gasteiger partial charge in [-0.1, -0.05) is 24.3 Å². The third-order valence-corrected chi connectivity index (χ3v) is 5.50. The van der Waals surface area contributed by atoms with Gasteiger partial charge in [0.25, 0.3) is 5.91 Å². The van der Waals surface area contributed by atoms with Crippen LogP contribution in [0, 0.1) is 0 Å². The van der Waals surface area contributed by atoms with Gasteiger partial charge in [-0.3, -0.25) is 4.79 Å². The van der Waals surface area contributed by atoms with Gasteiger partial charge in [-0.2, -0.15) is 0 Å². The smallest absolute Gasteiger partial charge is 0.261 e. The predicted octanol–water partition coefficient (Wildman–Crippen LogP) is 3.06. The molecule has 1 fully saturated rings. The van der Waals surface area contributed by atoms with Gasteiger partial charge in [-0.05, 0) is 49.1 Å². The van der Waals surface area contributed by atoms with Crippen LogP contribution in [-0.2, 0) is 11.3 Å². The summed E-state index contributed by atoms with van der Waals surface area (Å²) in [7, 11) is 1.81. The highest BCUT2D eigenvalue weighted by atomic mass is 32.1. The summed E-state index contributed by atoms with van der Waals surface area (Å²) in [6, 6.07) is 12.1. The number of carbonyl (C=O) groups is 2. The minimum atomic E-state index is -0.198. The number of rotatable bonds is 8. The molecule has 2 N–H and O–H groups in total. The molecule has 4 nitrogen and oxygen atoms in total. The fraction of sp³-hybridized carbons (Fsp3) is 0.368. The van der Waals surface area contributed by atoms with Crippen LogP contribution >= 0.6 is 11.3 Å². The SMILES string of the molecule is CNCC(C=O)c1ccc(C(=O)NCc2ccc(C3CC3)cc2)s1. The summed E-state index contributed by atoms with van der Waals surface area (Å²) >= 11 is 1.38. The Morgan fingerprint density at radius 3 is 2.62 bits per heavy atom. The fourth-order valence-electron chi connectivity index (χ4n) is 2.70. The van der Waals surface area contributed by atoms with Crippen molar-refractivity contribution in [1.82, 2.24) is 10.6 Å². The highest BCUT2D eigenvalue weighted by Gasteiger charge is 2.23. The average molecular weight is 342 g/mol. The molecule has 0 bridgehead atoms. The zero-order valence-corrected chi connectivity index (χ0v) is 14.6. The normalized spacial score (nSPS) is 15.0. The molecule has 3 rings (SSSR count). The first-order valence-corrected chi connectivity index (χ1v) is 9.09. The van der Waals surface area contributed by atoms with E-state index in [0.717, 1.165) is 22.6 Å². The fourth-order valence-corrected chi connectivity index (χ4v) is 3.68. The van der Waals surface area contributed by atoms with Crippen LogP contribution < -0.4 is 10.6 Å². The van der Waals surface area contributed by atoms with E-state index in [-0.39, 0.29) is 11.8 Å². The Morgan fingerprint density at radius 1 is 1.25 bits per heavy atom. The molecule has 1 amide bonds. The average Bonchev–Trinajstić information content (AvgIpc) is 3.35. The third-order valence-electron chi connectivity index (χ3n) is 4.29. The monoisotopic (exact) mass is 342 g/mol. The Kier molecular flexibility index (Phi) is 5.43. The van der Waals surface area contributed by atoms with Crippen LogP contribution in [0.15, 0.2) is 36.4 Å². The first-order chi connectivity index (χ1) is 11.7. The van der Waals surface area contributed by atoms with Crippen LogP contribution in [0.2, 0.25) is 0 Å². The molecule has 0 saturated heterocycles. The molecule has 1 aliphatic carbocycles. The van der Waals surface area contributed by atoms with E-state index in [1.165, 1.54) is 29.7 Å². The summed E-state index contributed by atoms with van der Waals surface area (Å²) in [6.07, 6.45) is 3.52. The maximum atomic E-state index is 12.3. The number of carbonyl (C=O) groups excluding carboxylic acids is 2. The summed E-state index contributed by atoms with van der Waals surface area (Å²) in [5, 5.41) is 5.94. The van der Waals surface area contributed by atoms with Crippen LogP contribution in [0.4, 0.5) is 0 Å². The van der Waals surface area contributed by atoms with E-state index < -0.39 is 0 Å². The minimum absolute atomic E-state index is 0.0911. The number of benzene rings is 1. The molecule has 1 aromatic carbocycles. The molecule has 1 aromatic heterocycles. The molecular weight excluding hydrogens is 320 g/mol. The quantitative estimate of drug-likeness (QED) is 0.725. The maximum Gasteiger partial charge on any atom is 0.261 e. The zero-order valence-electron chi connectivity index (χ0n) is 13.7. The van der Waals surface area contributed by atoms with Crippen LogP contribution in [0.3, 0.4) is 0 Å². The van der Waals surface area contributed by atoms with E-state index in [2.05, 4.69) is 34.9 Å². The van der Waals surface area contributed by atoms with Crippen LogP contribution in [0.1, 0.15) is 50.4 Å². The Hall–Kier alpha value is -1.98. The van der Waals surface area contributed by atoms with Crippen molar-refractivity contribution in [2.45, 2.75) is 31.2 Å². The highest BCUT2D eigenvalue weighted by Crippen LogP contribution is 2.39. The summed E-state index contributed by atoms with van der Waals surface area (Å²) < 4.78 is 0. The van der Waals surface area contributed by atoms with Gasteiger partial charge < -0.3 is 15.4 Å². The van der Waals surface area contributed by atoms with Gasteiger partial charge in [0.15, 0.2) is 0 Å². The second-order valence-corrected chi connectivity index (χ2v) is 7.32. The Labute approximate surface area is 146 Å². The van der Waals surface area contributed by atoms with Crippen molar-refractivity contribution in [2.24, 2.45) is 0 Å². The minimum Gasteiger partial charge on any atom is -0.347 e. The molecule has 5 heteroatoms. The Balaban J connectivity index is 1.56.